The number of nitrogens with zero attached hydrogens (tertiary/aromatic N) is 4. The molecule has 1 aromatic heterocycles. The number of hydrogen-bond donors (Lipinski definition) is 6. The molecule has 1 rings (SSSR count). The first kappa shape index (κ1) is 27.6. The van der Waals surface area contributed by atoms with Crippen LogP contribution in [0, 0.1) is 0 Å². The van der Waals surface area contributed by atoms with Crippen molar-refractivity contribution in [2.24, 2.45) is 5.11 Å². The molecule has 15 nitrogen and oxygen atoms in total. The number of nitrogens with one attached hydrogen (secondary N) is 3. The highest BCUT2D eigenvalue weighted by atomic mass is 16.4. The van der Waals surface area contributed by atoms with Crippen LogP contribution in [-0.2, 0) is 20.9 Å². The van der Waals surface area contributed by atoms with Crippen molar-refractivity contribution < 1.29 is 39.3 Å². The van der Waals surface area contributed by atoms with Crippen LogP contribution in [0.15, 0.2) is 23.4 Å². The predicted octanol–water partition coefficient (Wildman–Crippen LogP) is 0.862. The van der Waals surface area contributed by atoms with Crippen LogP contribution in [-0.4, -0.2) is 68.8 Å². The molecule has 184 valence electrons. The number of carbonyl (C=O) groups is 5. The summed E-state index contributed by atoms with van der Waals surface area (Å²) in [4.78, 5) is 63.7. The zero-order chi connectivity index (χ0) is 25.5. The highest BCUT2D eigenvalue weighted by molar-refractivity contribution is 5.93. The third-order valence-electron chi connectivity index (χ3n) is 4.44. The number of pyridine rings is 1. The van der Waals surface area contributed by atoms with Gasteiger partial charge in [-0.25, -0.2) is 14.4 Å². The molecular formula is C19H25N7O8. The van der Waals surface area contributed by atoms with Crippen LogP contribution in [0.1, 0.15) is 48.2 Å². The Bertz CT molecular complexity index is 931. The van der Waals surface area contributed by atoms with Crippen molar-refractivity contribution >= 4 is 29.8 Å². The second-order valence-electron chi connectivity index (χ2n) is 7.01. The summed E-state index contributed by atoms with van der Waals surface area (Å²) in [5.74, 6) is -4.40. The lowest BCUT2D eigenvalue weighted by Gasteiger charge is -2.18. The zero-order valence-corrected chi connectivity index (χ0v) is 18.0. The molecular weight excluding hydrogens is 454 g/mol. The summed E-state index contributed by atoms with van der Waals surface area (Å²) in [5, 5.41) is 37.2. The number of rotatable bonds is 15. The Morgan fingerprint density at radius 1 is 1.00 bits per heavy atom. The van der Waals surface area contributed by atoms with Crippen molar-refractivity contribution in [3.63, 3.8) is 0 Å². The number of carbonyl (C=O) groups excluding carboxylic acids is 2. The first-order valence-corrected chi connectivity index (χ1v) is 10.1. The number of carboxylic acids is 3. The quantitative estimate of drug-likeness (QED) is 0.0902. The van der Waals surface area contributed by atoms with E-state index in [-0.39, 0.29) is 25.9 Å². The third kappa shape index (κ3) is 10.8. The molecule has 0 aromatic carbocycles. The maximum absolute atomic E-state index is 12.1. The minimum Gasteiger partial charge on any atom is -0.481 e. The topological polar surface area (TPSA) is 244 Å². The van der Waals surface area contributed by atoms with Crippen molar-refractivity contribution in [2.75, 3.05) is 6.54 Å². The van der Waals surface area contributed by atoms with Gasteiger partial charge in [-0.1, -0.05) is 5.11 Å². The van der Waals surface area contributed by atoms with Gasteiger partial charge in [0.25, 0.3) is 5.91 Å². The van der Waals surface area contributed by atoms with E-state index in [1.54, 1.807) is 6.07 Å². The Morgan fingerprint density at radius 2 is 1.65 bits per heavy atom. The van der Waals surface area contributed by atoms with Crippen molar-refractivity contribution in [3.05, 3.63) is 40.0 Å². The molecule has 0 aliphatic rings. The summed E-state index contributed by atoms with van der Waals surface area (Å²) in [6.45, 7) is 0.294. The number of azide groups is 1. The largest absolute Gasteiger partial charge is 0.481 e. The Morgan fingerprint density at radius 3 is 2.18 bits per heavy atom. The summed E-state index contributed by atoms with van der Waals surface area (Å²) in [6.07, 6.45) is 1.23. The van der Waals surface area contributed by atoms with Crippen molar-refractivity contribution in [1.29, 1.82) is 0 Å². The molecule has 0 spiro atoms. The Balaban J connectivity index is 2.42. The fourth-order valence-corrected chi connectivity index (χ4v) is 2.67. The molecule has 15 heteroatoms. The van der Waals surface area contributed by atoms with Gasteiger partial charge in [-0.3, -0.25) is 14.6 Å². The van der Waals surface area contributed by atoms with Gasteiger partial charge in [-0.2, -0.15) is 0 Å². The molecule has 0 fully saturated rings. The first-order chi connectivity index (χ1) is 16.1. The second kappa shape index (κ2) is 14.6. The molecule has 0 saturated heterocycles. The molecule has 0 unspecified atom stereocenters. The normalized spacial score (nSPS) is 11.9. The van der Waals surface area contributed by atoms with Gasteiger partial charge in [-0.15, -0.1) is 0 Å². The fraction of sp³-hybridized carbons (Fsp3) is 0.474. The molecule has 1 aromatic rings. The molecule has 3 amide bonds. The zero-order valence-electron chi connectivity index (χ0n) is 18.0. The number of urea groups is 1. The lowest BCUT2D eigenvalue weighted by molar-refractivity contribution is -0.140. The SMILES string of the molecule is [N-]=[N+]=NCc1ccc(C(=O)NCCCC[C@H](NC(=O)N[C@@H](CCC(=O)O)C(=O)O)C(=O)O)cn1. The van der Waals surface area contributed by atoms with E-state index >= 15 is 0 Å². The van der Waals surface area contributed by atoms with Crippen LogP contribution in [0.2, 0.25) is 0 Å². The number of carboxylic acid groups (broad SMARTS) is 3. The molecule has 0 aliphatic carbocycles. The van der Waals surface area contributed by atoms with E-state index < -0.39 is 48.4 Å². The van der Waals surface area contributed by atoms with Gasteiger partial charge >= 0.3 is 23.9 Å². The van der Waals surface area contributed by atoms with E-state index in [0.717, 1.165) is 0 Å². The fourth-order valence-electron chi connectivity index (χ4n) is 2.67. The Kier molecular flexibility index (Phi) is 11.9. The molecule has 34 heavy (non-hydrogen) atoms. The number of amides is 3. The molecule has 2 atom stereocenters. The van der Waals surface area contributed by atoms with E-state index in [4.69, 9.17) is 15.7 Å². The Labute approximate surface area is 193 Å². The molecule has 0 saturated carbocycles. The smallest absolute Gasteiger partial charge is 0.326 e. The summed E-state index contributed by atoms with van der Waals surface area (Å²) in [5.41, 5.74) is 9.08. The molecule has 0 radical (unpaired) electrons. The number of unbranched alkanes of at least 4 members (excludes halogenated alkanes) is 1. The Hall–Kier alpha value is -4.39. The van der Waals surface area contributed by atoms with E-state index in [2.05, 4.69) is 25.6 Å². The van der Waals surface area contributed by atoms with E-state index in [9.17, 15) is 29.1 Å². The van der Waals surface area contributed by atoms with E-state index in [1.807, 2.05) is 5.32 Å². The van der Waals surface area contributed by atoms with Gasteiger partial charge < -0.3 is 31.3 Å². The summed E-state index contributed by atoms with van der Waals surface area (Å²) in [6, 6.07) is -0.765. The van der Waals surface area contributed by atoms with Crippen LogP contribution in [0.4, 0.5) is 4.79 Å². The maximum atomic E-state index is 12.1. The summed E-state index contributed by atoms with van der Waals surface area (Å²) >= 11 is 0. The van der Waals surface area contributed by atoms with Gasteiger partial charge in [0.2, 0.25) is 0 Å². The van der Waals surface area contributed by atoms with Crippen LogP contribution in [0.5, 0.6) is 0 Å². The average Bonchev–Trinajstić information content (AvgIpc) is 2.79. The number of aliphatic carboxylic acids is 3. The van der Waals surface area contributed by atoms with Gasteiger partial charge in [0.05, 0.1) is 12.1 Å². The maximum Gasteiger partial charge on any atom is 0.326 e. The van der Waals surface area contributed by atoms with Crippen molar-refractivity contribution in [1.82, 2.24) is 20.9 Å². The third-order valence-corrected chi connectivity index (χ3v) is 4.44. The van der Waals surface area contributed by atoms with Gasteiger partial charge in [0.1, 0.15) is 12.1 Å². The van der Waals surface area contributed by atoms with Crippen LogP contribution in [0.3, 0.4) is 0 Å². The lowest BCUT2D eigenvalue weighted by Crippen LogP contribution is -2.51. The second-order valence-corrected chi connectivity index (χ2v) is 7.01. The summed E-state index contributed by atoms with van der Waals surface area (Å²) in [7, 11) is 0. The minimum absolute atomic E-state index is 0.0150. The molecule has 0 aliphatic heterocycles. The van der Waals surface area contributed by atoms with Gasteiger partial charge in [0, 0.05) is 29.8 Å². The van der Waals surface area contributed by atoms with E-state index in [1.165, 1.54) is 12.3 Å². The van der Waals surface area contributed by atoms with Crippen molar-refractivity contribution in [2.45, 2.75) is 50.7 Å². The first-order valence-electron chi connectivity index (χ1n) is 10.1. The number of aromatic nitrogens is 1. The van der Waals surface area contributed by atoms with Gasteiger partial charge in [-0.05, 0) is 43.3 Å². The van der Waals surface area contributed by atoms with Crippen LogP contribution >= 0.6 is 0 Å². The highest BCUT2D eigenvalue weighted by Gasteiger charge is 2.24. The summed E-state index contributed by atoms with van der Waals surface area (Å²) < 4.78 is 0. The average molecular weight is 479 g/mol. The standard InChI is InChI=1S/C19H25N7O8/c20-26-23-10-12-5-4-11(9-22-12)16(29)21-8-2-1-3-13(17(30)31)24-19(34)25-14(18(32)33)6-7-15(27)28/h4-5,9,13-14H,1-3,6-8,10H2,(H,21,29)(H,27,28)(H,30,31)(H,32,33)(H2,24,25,34)/t13-,14-/m0/s1. The molecule has 0 bridgehead atoms. The lowest BCUT2D eigenvalue weighted by atomic mass is 10.1. The van der Waals surface area contributed by atoms with Crippen LogP contribution < -0.4 is 16.0 Å². The molecule has 1 heterocycles. The van der Waals surface area contributed by atoms with Crippen LogP contribution in [0.25, 0.3) is 10.4 Å². The highest BCUT2D eigenvalue weighted by Crippen LogP contribution is 2.05. The molecule has 6 N–H and O–H groups in total. The monoisotopic (exact) mass is 479 g/mol. The van der Waals surface area contributed by atoms with E-state index in [0.29, 0.717) is 24.1 Å². The van der Waals surface area contributed by atoms with Crippen molar-refractivity contribution in [3.8, 4) is 0 Å². The number of hydrogen-bond acceptors (Lipinski definition) is 7. The minimum atomic E-state index is -1.48. The van der Waals surface area contributed by atoms with Gasteiger partial charge in [0.15, 0.2) is 0 Å². The predicted molar refractivity (Wildman–Crippen MR) is 115 cm³/mol.